The van der Waals surface area contributed by atoms with Crippen LogP contribution in [0.25, 0.3) is 0 Å². The Labute approximate surface area is 194 Å². The van der Waals surface area contributed by atoms with Gasteiger partial charge in [-0.05, 0) is 48.9 Å². The van der Waals surface area contributed by atoms with E-state index in [-0.39, 0.29) is 34.5 Å². The zero-order chi connectivity index (χ0) is 23.2. The number of anilines is 1. The van der Waals surface area contributed by atoms with Crippen LogP contribution in [0, 0.1) is 16.0 Å². The van der Waals surface area contributed by atoms with Gasteiger partial charge in [-0.1, -0.05) is 49.6 Å². The van der Waals surface area contributed by atoms with Gasteiger partial charge in [-0.25, -0.2) is 8.42 Å². The Morgan fingerprint density at radius 1 is 1.06 bits per heavy atom. The third-order valence-corrected chi connectivity index (χ3v) is 9.47. The lowest BCUT2D eigenvalue weighted by Crippen LogP contribution is -2.38. The Balaban J connectivity index is 1.50. The van der Waals surface area contributed by atoms with Crippen LogP contribution >= 0.6 is 0 Å². The first-order valence-corrected chi connectivity index (χ1v) is 13.1. The standard InChI is InChI=1S/C25H29N3O4S/c1-27(17-8-3-2-4-9-17)33(31,32)18-14-15-23-22(16-18)19-11-7-12-20(19)25(26-23)21-10-5-6-13-24(21)28(29)30/h5-7,10-11,13-17,19-20,25-26H,2-4,8-9,12H2,1H3. The van der Waals surface area contributed by atoms with Crippen LogP contribution in [0.2, 0.25) is 0 Å². The van der Waals surface area contributed by atoms with Crippen molar-refractivity contribution in [2.45, 2.75) is 61.4 Å². The zero-order valence-electron chi connectivity index (χ0n) is 18.7. The van der Waals surface area contributed by atoms with Crippen molar-refractivity contribution >= 4 is 21.4 Å². The minimum atomic E-state index is -3.59. The predicted molar refractivity (Wildman–Crippen MR) is 128 cm³/mol. The van der Waals surface area contributed by atoms with Gasteiger partial charge in [-0.15, -0.1) is 0 Å². The summed E-state index contributed by atoms with van der Waals surface area (Å²) in [5.41, 5.74) is 2.56. The first-order chi connectivity index (χ1) is 15.9. The molecule has 1 N–H and O–H groups in total. The lowest BCUT2D eigenvalue weighted by molar-refractivity contribution is -0.385. The molecule has 0 radical (unpaired) electrons. The van der Waals surface area contributed by atoms with Crippen molar-refractivity contribution in [3.63, 3.8) is 0 Å². The smallest absolute Gasteiger partial charge is 0.274 e. The molecule has 0 amide bonds. The van der Waals surface area contributed by atoms with Gasteiger partial charge in [-0.3, -0.25) is 10.1 Å². The van der Waals surface area contributed by atoms with Crippen LogP contribution in [0.1, 0.15) is 61.6 Å². The maximum absolute atomic E-state index is 13.4. The van der Waals surface area contributed by atoms with Gasteiger partial charge in [0.15, 0.2) is 0 Å². The van der Waals surface area contributed by atoms with Gasteiger partial charge in [-0.2, -0.15) is 4.31 Å². The van der Waals surface area contributed by atoms with E-state index in [2.05, 4.69) is 17.5 Å². The third-order valence-electron chi connectivity index (χ3n) is 7.57. The summed E-state index contributed by atoms with van der Waals surface area (Å²) in [6.45, 7) is 0. The van der Waals surface area contributed by atoms with Crippen molar-refractivity contribution in [1.82, 2.24) is 4.31 Å². The van der Waals surface area contributed by atoms with E-state index in [0.29, 0.717) is 10.5 Å². The highest BCUT2D eigenvalue weighted by molar-refractivity contribution is 7.89. The third kappa shape index (κ3) is 3.85. The quantitative estimate of drug-likeness (QED) is 0.362. The number of rotatable bonds is 5. The van der Waals surface area contributed by atoms with Gasteiger partial charge in [0.25, 0.3) is 5.69 Å². The monoisotopic (exact) mass is 467 g/mol. The molecule has 8 heteroatoms. The first-order valence-electron chi connectivity index (χ1n) is 11.7. The van der Waals surface area contributed by atoms with E-state index in [1.165, 1.54) is 6.42 Å². The van der Waals surface area contributed by atoms with Crippen LogP contribution in [0.5, 0.6) is 0 Å². The number of benzene rings is 2. The number of nitro benzene ring substituents is 1. The molecule has 0 saturated heterocycles. The van der Waals surface area contributed by atoms with Gasteiger partial charge in [0, 0.05) is 30.8 Å². The number of nitro groups is 1. The SMILES string of the molecule is CN(C1CCCCC1)S(=O)(=O)c1ccc2c(c1)C1C=CCC1C(c1ccccc1[N+](=O)[O-])N2. The number of fused-ring (bicyclic) bond motifs is 3. The molecule has 0 aromatic heterocycles. The van der Waals surface area contributed by atoms with Crippen LogP contribution in [0.4, 0.5) is 11.4 Å². The van der Waals surface area contributed by atoms with E-state index in [4.69, 9.17) is 0 Å². The Morgan fingerprint density at radius 3 is 2.58 bits per heavy atom. The average Bonchev–Trinajstić information content (AvgIpc) is 3.33. The van der Waals surface area contributed by atoms with Gasteiger partial charge < -0.3 is 5.32 Å². The summed E-state index contributed by atoms with van der Waals surface area (Å²) in [5, 5.41) is 15.1. The van der Waals surface area contributed by atoms with E-state index >= 15 is 0 Å². The number of hydrogen-bond acceptors (Lipinski definition) is 5. The molecule has 3 atom stereocenters. The van der Waals surface area contributed by atoms with Gasteiger partial charge in [0.1, 0.15) is 0 Å². The molecular formula is C25H29N3O4S. The molecule has 2 aliphatic carbocycles. The second-order valence-electron chi connectivity index (χ2n) is 9.35. The highest BCUT2D eigenvalue weighted by Crippen LogP contribution is 2.51. The van der Waals surface area contributed by atoms with Crippen molar-refractivity contribution in [3.05, 3.63) is 75.9 Å². The maximum atomic E-state index is 13.4. The van der Waals surface area contributed by atoms with Crippen LogP contribution in [-0.2, 0) is 10.0 Å². The normalized spacial score (nSPS) is 24.8. The van der Waals surface area contributed by atoms with Crippen molar-refractivity contribution in [3.8, 4) is 0 Å². The number of sulfonamides is 1. The average molecular weight is 468 g/mol. The first kappa shape index (κ1) is 22.1. The number of hydrogen-bond donors (Lipinski definition) is 1. The molecule has 5 rings (SSSR count). The highest BCUT2D eigenvalue weighted by atomic mass is 32.2. The fourth-order valence-electron chi connectivity index (χ4n) is 5.76. The van der Waals surface area contributed by atoms with E-state index < -0.39 is 10.0 Å². The molecule has 2 aromatic carbocycles. The van der Waals surface area contributed by atoms with Crippen LogP contribution in [0.3, 0.4) is 0 Å². The Bertz CT molecular complexity index is 1200. The van der Waals surface area contributed by atoms with E-state index in [1.807, 2.05) is 18.2 Å². The molecule has 0 bridgehead atoms. The van der Waals surface area contributed by atoms with Gasteiger partial charge in [0.05, 0.1) is 21.4 Å². The highest BCUT2D eigenvalue weighted by Gasteiger charge is 2.41. The summed E-state index contributed by atoms with van der Waals surface area (Å²) in [5.74, 6) is 0.105. The molecule has 174 valence electrons. The van der Waals surface area contributed by atoms with E-state index in [1.54, 1.807) is 35.6 Å². The van der Waals surface area contributed by atoms with Crippen LogP contribution in [-0.4, -0.2) is 30.7 Å². The largest absolute Gasteiger partial charge is 0.377 e. The Hall–Kier alpha value is -2.71. The summed E-state index contributed by atoms with van der Waals surface area (Å²) in [6, 6.07) is 12.0. The second-order valence-corrected chi connectivity index (χ2v) is 11.4. The van der Waals surface area contributed by atoms with Crippen molar-refractivity contribution in [1.29, 1.82) is 0 Å². The summed E-state index contributed by atoms with van der Waals surface area (Å²) in [7, 11) is -1.89. The molecule has 33 heavy (non-hydrogen) atoms. The Morgan fingerprint density at radius 2 is 1.82 bits per heavy atom. The molecule has 0 spiro atoms. The molecule has 1 fully saturated rings. The minimum absolute atomic E-state index is 0.0150. The molecular weight excluding hydrogens is 438 g/mol. The number of nitrogens with zero attached hydrogens (tertiary/aromatic N) is 2. The minimum Gasteiger partial charge on any atom is -0.377 e. The molecule has 3 unspecified atom stereocenters. The summed E-state index contributed by atoms with van der Waals surface area (Å²) < 4.78 is 28.4. The number of para-hydroxylation sites is 1. The maximum Gasteiger partial charge on any atom is 0.274 e. The molecule has 1 aliphatic heterocycles. The topological polar surface area (TPSA) is 92.5 Å². The van der Waals surface area contributed by atoms with Crippen molar-refractivity contribution in [2.24, 2.45) is 5.92 Å². The zero-order valence-corrected chi connectivity index (χ0v) is 19.5. The predicted octanol–water partition coefficient (Wildman–Crippen LogP) is 5.37. The molecule has 1 heterocycles. The molecule has 2 aromatic rings. The van der Waals surface area contributed by atoms with Crippen molar-refractivity contribution in [2.75, 3.05) is 12.4 Å². The molecule has 3 aliphatic rings. The fourth-order valence-corrected chi connectivity index (χ4v) is 7.22. The van der Waals surface area contributed by atoms with Crippen molar-refractivity contribution < 1.29 is 13.3 Å². The van der Waals surface area contributed by atoms with Crippen LogP contribution < -0.4 is 5.32 Å². The number of allylic oxidation sites excluding steroid dienone is 2. The fraction of sp³-hybridized carbons (Fsp3) is 0.440. The molecule has 7 nitrogen and oxygen atoms in total. The molecule has 1 saturated carbocycles. The van der Waals surface area contributed by atoms with Gasteiger partial charge in [0.2, 0.25) is 10.0 Å². The second kappa shape index (κ2) is 8.57. The van der Waals surface area contributed by atoms with E-state index in [9.17, 15) is 18.5 Å². The lowest BCUT2D eigenvalue weighted by Gasteiger charge is -2.37. The lowest BCUT2D eigenvalue weighted by atomic mass is 9.76. The summed E-state index contributed by atoms with van der Waals surface area (Å²) in [6.07, 6.45) is 10.1. The summed E-state index contributed by atoms with van der Waals surface area (Å²) in [4.78, 5) is 11.6. The summed E-state index contributed by atoms with van der Waals surface area (Å²) >= 11 is 0. The number of nitrogens with one attached hydrogen (secondary N) is 1. The Kier molecular flexibility index (Phi) is 5.74. The van der Waals surface area contributed by atoms with Crippen LogP contribution in [0.15, 0.2) is 59.5 Å². The van der Waals surface area contributed by atoms with Gasteiger partial charge >= 0.3 is 0 Å². The van der Waals surface area contributed by atoms with E-state index in [0.717, 1.165) is 43.4 Å².